The Hall–Kier alpha value is -2.04. The van der Waals surface area contributed by atoms with Gasteiger partial charge in [0.2, 0.25) is 5.91 Å². The first kappa shape index (κ1) is 15.8. The van der Waals surface area contributed by atoms with Crippen molar-refractivity contribution >= 4 is 11.9 Å². The van der Waals surface area contributed by atoms with Gasteiger partial charge in [0.05, 0.1) is 6.61 Å². The van der Waals surface area contributed by atoms with Crippen LogP contribution in [0.15, 0.2) is 24.3 Å². The van der Waals surface area contributed by atoms with Crippen LogP contribution in [0.1, 0.15) is 32.3 Å². The lowest BCUT2D eigenvalue weighted by Crippen LogP contribution is -2.40. The highest BCUT2D eigenvalue weighted by Crippen LogP contribution is 2.61. The molecule has 23 heavy (non-hydrogen) atoms. The molecule has 2 aliphatic rings. The minimum absolute atomic E-state index is 0.0298. The Labute approximate surface area is 136 Å². The van der Waals surface area contributed by atoms with Crippen LogP contribution in [0.2, 0.25) is 0 Å². The van der Waals surface area contributed by atoms with Crippen LogP contribution in [0.5, 0.6) is 5.75 Å². The summed E-state index contributed by atoms with van der Waals surface area (Å²) >= 11 is 0. The molecule has 0 saturated heterocycles. The third kappa shape index (κ3) is 2.92. The van der Waals surface area contributed by atoms with Crippen LogP contribution in [0.3, 0.4) is 0 Å². The molecule has 5 heteroatoms. The van der Waals surface area contributed by atoms with E-state index in [1.54, 1.807) is 0 Å². The van der Waals surface area contributed by atoms with Crippen molar-refractivity contribution in [1.29, 1.82) is 0 Å². The lowest BCUT2D eigenvalue weighted by atomic mass is 9.87. The molecule has 1 aliphatic heterocycles. The zero-order valence-corrected chi connectivity index (χ0v) is 13.6. The summed E-state index contributed by atoms with van der Waals surface area (Å²) in [6.07, 6.45) is 1.61. The first-order chi connectivity index (χ1) is 10.9. The molecule has 0 bridgehead atoms. The number of carbonyl (C=O) groups excluding carboxylic acids is 1. The molecule has 1 fully saturated rings. The fourth-order valence-corrected chi connectivity index (χ4v) is 3.74. The van der Waals surface area contributed by atoms with E-state index in [0.717, 1.165) is 24.2 Å². The zero-order valence-electron chi connectivity index (χ0n) is 13.6. The van der Waals surface area contributed by atoms with Crippen LogP contribution in [-0.2, 0) is 15.0 Å². The fourth-order valence-electron chi connectivity index (χ4n) is 3.74. The molecule has 1 N–H and O–H groups in total. The van der Waals surface area contributed by atoms with Crippen LogP contribution in [0, 0.1) is 11.8 Å². The molecule has 124 valence electrons. The molecule has 3 rings (SSSR count). The highest BCUT2D eigenvalue weighted by atomic mass is 16.5. The van der Waals surface area contributed by atoms with Gasteiger partial charge in [0.1, 0.15) is 12.3 Å². The summed E-state index contributed by atoms with van der Waals surface area (Å²) in [5.41, 5.74) is 0.948. The predicted molar refractivity (Wildman–Crippen MR) is 85.4 cm³/mol. The second-order valence-corrected chi connectivity index (χ2v) is 7.01. The van der Waals surface area contributed by atoms with Gasteiger partial charge in [-0.25, -0.2) is 0 Å². The molecule has 1 aliphatic carbocycles. The first-order valence-corrected chi connectivity index (χ1v) is 8.17. The highest BCUT2D eigenvalue weighted by molar-refractivity contribution is 5.87. The Kier molecular flexibility index (Phi) is 4.04. The van der Waals surface area contributed by atoms with Crippen LogP contribution >= 0.6 is 0 Å². The molecule has 1 heterocycles. The summed E-state index contributed by atoms with van der Waals surface area (Å²) in [5, 5.41) is 9.09. The second kappa shape index (κ2) is 5.87. The van der Waals surface area contributed by atoms with Crippen molar-refractivity contribution in [3.05, 3.63) is 29.8 Å². The van der Waals surface area contributed by atoms with Gasteiger partial charge >= 0.3 is 5.97 Å². The van der Waals surface area contributed by atoms with E-state index in [-0.39, 0.29) is 29.7 Å². The van der Waals surface area contributed by atoms with Gasteiger partial charge in [-0.2, -0.15) is 0 Å². The molecule has 1 saturated carbocycles. The Bertz CT molecular complexity index is 627. The summed E-state index contributed by atoms with van der Waals surface area (Å²) in [6.45, 7) is 4.87. The van der Waals surface area contributed by atoms with E-state index < -0.39 is 5.97 Å². The van der Waals surface area contributed by atoms with Crippen molar-refractivity contribution in [2.24, 2.45) is 11.8 Å². The molecule has 5 nitrogen and oxygen atoms in total. The van der Waals surface area contributed by atoms with Gasteiger partial charge < -0.3 is 14.7 Å². The van der Waals surface area contributed by atoms with Crippen molar-refractivity contribution in [2.45, 2.75) is 32.1 Å². The summed E-state index contributed by atoms with van der Waals surface area (Å²) in [4.78, 5) is 25.5. The molecule has 1 amide bonds. The van der Waals surface area contributed by atoms with E-state index in [1.165, 1.54) is 4.90 Å². The topological polar surface area (TPSA) is 66.8 Å². The maximum atomic E-state index is 12.9. The molecule has 0 unspecified atom stereocenters. The second-order valence-electron chi connectivity index (χ2n) is 7.01. The van der Waals surface area contributed by atoms with E-state index in [1.807, 2.05) is 38.1 Å². The standard InChI is InChI=1S/C18H23NO4/c1-12(2)10-19(11-16(20)21)17(22)14-9-18(14)7-8-23-15-6-4-3-5-13(15)18/h3-6,12,14H,7-11H2,1-2H3,(H,20,21)/t14-,18-/m0/s1. The number of rotatable bonds is 5. The Morgan fingerprint density at radius 3 is 2.83 bits per heavy atom. The molecule has 2 atom stereocenters. The van der Waals surface area contributed by atoms with E-state index in [4.69, 9.17) is 9.84 Å². The summed E-state index contributed by atoms with van der Waals surface area (Å²) in [5.74, 6) is 0.00204. The van der Waals surface area contributed by atoms with Gasteiger partial charge in [-0.15, -0.1) is 0 Å². The summed E-state index contributed by atoms with van der Waals surface area (Å²) in [7, 11) is 0. The van der Waals surface area contributed by atoms with Crippen molar-refractivity contribution in [2.75, 3.05) is 19.7 Å². The van der Waals surface area contributed by atoms with E-state index >= 15 is 0 Å². The summed E-state index contributed by atoms with van der Waals surface area (Å²) < 4.78 is 5.70. The lowest BCUT2D eigenvalue weighted by molar-refractivity contribution is -0.145. The van der Waals surface area contributed by atoms with Gasteiger partial charge in [0, 0.05) is 23.4 Å². The smallest absolute Gasteiger partial charge is 0.323 e. The number of carboxylic acid groups (broad SMARTS) is 1. The van der Waals surface area contributed by atoms with Crippen LogP contribution in [0.4, 0.5) is 0 Å². The monoisotopic (exact) mass is 317 g/mol. The average Bonchev–Trinajstić information content (AvgIpc) is 3.20. The van der Waals surface area contributed by atoms with Gasteiger partial charge in [0.25, 0.3) is 0 Å². The van der Waals surface area contributed by atoms with Gasteiger partial charge in [-0.05, 0) is 24.8 Å². The third-order valence-corrected chi connectivity index (χ3v) is 4.83. The number of aliphatic carboxylic acids is 1. The largest absolute Gasteiger partial charge is 0.493 e. The van der Waals surface area contributed by atoms with Crippen molar-refractivity contribution < 1.29 is 19.4 Å². The van der Waals surface area contributed by atoms with E-state index in [9.17, 15) is 9.59 Å². The van der Waals surface area contributed by atoms with Gasteiger partial charge in [-0.3, -0.25) is 9.59 Å². The summed E-state index contributed by atoms with van der Waals surface area (Å²) in [6, 6.07) is 7.88. The normalized spacial score (nSPS) is 24.9. The molecule has 1 aromatic carbocycles. The number of nitrogens with zero attached hydrogens (tertiary/aromatic N) is 1. The molecular formula is C18H23NO4. The minimum Gasteiger partial charge on any atom is -0.493 e. The molecule has 1 aromatic rings. The predicted octanol–water partition coefficient (Wildman–Crippen LogP) is 2.30. The number of amides is 1. The number of hydrogen-bond acceptors (Lipinski definition) is 3. The molecular weight excluding hydrogens is 294 g/mol. The van der Waals surface area contributed by atoms with Crippen LogP contribution in [0.25, 0.3) is 0 Å². The first-order valence-electron chi connectivity index (χ1n) is 8.17. The molecule has 1 spiro atoms. The van der Waals surface area contributed by atoms with E-state index in [2.05, 4.69) is 0 Å². The van der Waals surface area contributed by atoms with Crippen molar-refractivity contribution in [3.63, 3.8) is 0 Å². The molecule has 0 aromatic heterocycles. The quantitative estimate of drug-likeness (QED) is 0.905. The number of carbonyl (C=O) groups is 2. The molecule has 0 radical (unpaired) electrons. The number of hydrogen-bond donors (Lipinski definition) is 1. The number of benzene rings is 1. The number of para-hydroxylation sites is 1. The Morgan fingerprint density at radius 2 is 2.13 bits per heavy atom. The van der Waals surface area contributed by atoms with Gasteiger partial charge in [-0.1, -0.05) is 32.0 Å². The zero-order chi connectivity index (χ0) is 16.6. The van der Waals surface area contributed by atoms with Crippen LogP contribution in [-0.4, -0.2) is 41.6 Å². The minimum atomic E-state index is -0.957. The van der Waals surface area contributed by atoms with Crippen molar-refractivity contribution in [1.82, 2.24) is 4.90 Å². The number of ether oxygens (including phenoxy) is 1. The number of carboxylic acids is 1. The number of fused-ring (bicyclic) bond motifs is 2. The van der Waals surface area contributed by atoms with E-state index in [0.29, 0.717) is 13.2 Å². The Balaban J connectivity index is 1.81. The highest BCUT2D eigenvalue weighted by Gasteiger charge is 2.61. The maximum Gasteiger partial charge on any atom is 0.323 e. The average molecular weight is 317 g/mol. The SMILES string of the molecule is CC(C)CN(CC(=O)O)C(=O)[C@@H]1C[C@]12CCOc1ccccc12. The fraction of sp³-hybridized carbons (Fsp3) is 0.556. The van der Waals surface area contributed by atoms with Crippen LogP contribution < -0.4 is 4.74 Å². The van der Waals surface area contributed by atoms with Crippen molar-refractivity contribution in [3.8, 4) is 5.75 Å². The third-order valence-electron chi connectivity index (χ3n) is 4.83. The lowest BCUT2D eigenvalue weighted by Gasteiger charge is -2.29. The maximum absolute atomic E-state index is 12.9. The van der Waals surface area contributed by atoms with Gasteiger partial charge in [0.15, 0.2) is 0 Å². The Morgan fingerprint density at radius 1 is 1.39 bits per heavy atom.